The monoisotopic (exact) mass is 381 g/mol. The van der Waals surface area contributed by atoms with Crippen LogP contribution < -0.4 is 5.73 Å². The highest BCUT2D eigenvalue weighted by Gasteiger charge is 2.35. The molecule has 2 amide bonds. The van der Waals surface area contributed by atoms with Gasteiger partial charge in [0.05, 0.1) is 0 Å². The van der Waals surface area contributed by atoms with Crippen LogP contribution in [0, 0.1) is 6.92 Å². The van der Waals surface area contributed by atoms with Crippen molar-refractivity contribution >= 4 is 34.3 Å². The molecule has 0 saturated carbocycles. The van der Waals surface area contributed by atoms with Crippen molar-refractivity contribution in [3.8, 4) is 0 Å². The number of primary amides is 1. The summed E-state index contributed by atoms with van der Waals surface area (Å²) < 4.78 is 1.86. The van der Waals surface area contributed by atoms with E-state index < -0.39 is 11.9 Å². The van der Waals surface area contributed by atoms with Gasteiger partial charge < -0.3 is 15.2 Å². The normalized spacial score (nSPS) is 16.4. The lowest BCUT2D eigenvalue weighted by Crippen LogP contribution is -2.51. The molecule has 0 saturated heterocycles. The highest BCUT2D eigenvalue weighted by Crippen LogP contribution is 2.31. The van der Waals surface area contributed by atoms with E-state index >= 15 is 0 Å². The molecule has 0 radical (unpaired) electrons. The Labute approximate surface area is 162 Å². The molecule has 4 rings (SSSR count). The molecular formula is C21H20ClN3O2. The predicted molar refractivity (Wildman–Crippen MR) is 106 cm³/mol. The number of rotatable bonds is 2. The molecule has 2 heterocycles. The van der Waals surface area contributed by atoms with Gasteiger partial charge in [0.15, 0.2) is 0 Å². The number of nitrogens with zero attached hydrogens (tertiary/aromatic N) is 2. The maximum absolute atomic E-state index is 13.5. The predicted octanol–water partition coefficient (Wildman–Crippen LogP) is 3.19. The van der Waals surface area contributed by atoms with Crippen LogP contribution >= 0.6 is 11.6 Å². The molecule has 2 N–H and O–H groups in total. The molecule has 0 aliphatic carbocycles. The largest absolute Gasteiger partial charge is 0.368 e. The van der Waals surface area contributed by atoms with E-state index in [0.717, 1.165) is 27.6 Å². The van der Waals surface area contributed by atoms with Crippen molar-refractivity contribution < 1.29 is 9.59 Å². The summed E-state index contributed by atoms with van der Waals surface area (Å²) in [6.07, 6.45) is 0.437. The molecule has 138 valence electrons. The van der Waals surface area contributed by atoms with Crippen LogP contribution in [0.2, 0.25) is 5.02 Å². The number of aryl methyl sites for hydroxylation is 2. The number of hydrogen-bond donors (Lipinski definition) is 1. The second-order valence-corrected chi connectivity index (χ2v) is 7.45. The van der Waals surface area contributed by atoms with E-state index in [1.165, 1.54) is 0 Å². The van der Waals surface area contributed by atoms with Gasteiger partial charge in [-0.3, -0.25) is 9.59 Å². The molecule has 0 bridgehead atoms. The first-order valence-electron chi connectivity index (χ1n) is 8.80. The second kappa shape index (κ2) is 6.43. The first-order valence-corrected chi connectivity index (χ1v) is 9.18. The Bertz CT molecular complexity index is 1090. The van der Waals surface area contributed by atoms with Crippen molar-refractivity contribution in [1.82, 2.24) is 9.47 Å². The number of benzene rings is 2. The van der Waals surface area contributed by atoms with Crippen LogP contribution in [0.1, 0.15) is 27.2 Å². The molecule has 0 fully saturated rings. The van der Waals surface area contributed by atoms with Gasteiger partial charge in [0.2, 0.25) is 5.91 Å². The molecule has 5 nitrogen and oxygen atoms in total. The zero-order valence-corrected chi connectivity index (χ0v) is 16.0. The van der Waals surface area contributed by atoms with Crippen LogP contribution in [0.3, 0.4) is 0 Å². The van der Waals surface area contributed by atoms with Crippen molar-refractivity contribution in [2.75, 3.05) is 0 Å². The molecule has 1 aromatic heterocycles. The topological polar surface area (TPSA) is 68.3 Å². The number of nitrogens with two attached hydrogens (primary N) is 1. The van der Waals surface area contributed by atoms with Crippen LogP contribution in [-0.2, 0) is 24.8 Å². The Kier molecular flexibility index (Phi) is 4.19. The number of fused-ring (bicyclic) bond motifs is 2. The SMILES string of the molecule is Cc1c(C(=O)N2Cc3ccccc3C[C@H]2C(N)=O)n(C)c2ccc(Cl)cc12. The van der Waals surface area contributed by atoms with Crippen LogP contribution in [0.5, 0.6) is 0 Å². The fourth-order valence-corrected chi connectivity index (χ4v) is 4.20. The van der Waals surface area contributed by atoms with Crippen molar-refractivity contribution in [2.45, 2.75) is 25.9 Å². The van der Waals surface area contributed by atoms with Gasteiger partial charge in [0.25, 0.3) is 5.91 Å². The van der Waals surface area contributed by atoms with Crippen molar-refractivity contribution in [3.63, 3.8) is 0 Å². The van der Waals surface area contributed by atoms with E-state index in [1.54, 1.807) is 11.0 Å². The highest BCUT2D eigenvalue weighted by molar-refractivity contribution is 6.31. The summed E-state index contributed by atoms with van der Waals surface area (Å²) in [5, 5.41) is 1.55. The van der Waals surface area contributed by atoms with Gasteiger partial charge in [-0.1, -0.05) is 35.9 Å². The molecule has 6 heteroatoms. The standard InChI is InChI=1S/C21H20ClN3O2/c1-12-16-10-15(22)7-8-17(16)24(2)19(12)21(27)25-11-14-6-4-3-5-13(14)9-18(25)20(23)26/h3-8,10,18H,9,11H2,1-2H3,(H2,23,26)/t18-/m0/s1. The summed E-state index contributed by atoms with van der Waals surface area (Å²) in [6, 6.07) is 12.8. The van der Waals surface area contributed by atoms with Crippen molar-refractivity contribution in [1.29, 1.82) is 0 Å². The van der Waals surface area contributed by atoms with Gasteiger partial charge in [-0.15, -0.1) is 0 Å². The Hall–Kier alpha value is -2.79. The molecule has 3 aromatic rings. The fraction of sp³-hybridized carbons (Fsp3) is 0.238. The Morgan fingerprint density at radius 1 is 1.15 bits per heavy atom. The van der Waals surface area contributed by atoms with E-state index in [1.807, 2.05) is 54.9 Å². The van der Waals surface area contributed by atoms with Crippen LogP contribution in [-0.4, -0.2) is 27.3 Å². The third kappa shape index (κ3) is 2.79. The van der Waals surface area contributed by atoms with Gasteiger partial charge in [0, 0.05) is 35.9 Å². The summed E-state index contributed by atoms with van der Waals surface area (Å²) in [6.45, 7) is 2.27. The summed E-state index contributed by atoms with van der Waals surface area (Å²) in [7, 11) is 1.85. The molecular weight excluding hydrogens is 362 g/mol. The lowest BCUT2D eigenvalue weighted by Gasteiger charge is -2.35. The maximum atomic E-state index is 13.5. The molecule has 27 heavy (non-hydrogen) atoms. The molecule has 1 atom stereocenters. The Morgan fingerprint density at radius 2 is 1.85 bits per heavy atom. The lowest BCUT2D eigenvalue weighted by atomic mass is 9.93. The summed E-state index contributed by atoms with van der Waals surface area (Å²) in [5.74, 6) is -0.682. The average molecular weight is 382 g/mol. The molecule has 2 aromatic carbocycles. The first kappa shape index (κ1) is 17.6. The number of hydrogen-bond acceptors (Lipinski definition) is 2. The van der Waals surface area contributed by atoms with E-state index in [0.29, 0.717) is 23.7 Å². The van der Waals surface area contributed by atoms with E-state index in [2.05, 4.69) is 0 Å². The average Bonchev–Trinajstić information content (AvgIpc) is 2.90. The van der Waals surface area contributed by atoms with Crippen molar-refractivity contribution in [3.05, 3.63) is 69.9 Å². The van der Waals surface area contributed by atoms with E-state index in [4.69, 9.17) is 17.3 Å². The van der Waals surface area contributed by atoms with Crippen LogP contribution in [0.4, 0.5) is 0 Å². The minimum atomic E-state index is -0.659. The van der Waals surface area contributed by atoms with Gasteiger partial charge >= 0.3 is 0 Å². The number of halogens is 1. The van der Waals surface area contributed by atoms with Crippen LogP contribution in [0.25, 0.3) is 10.9 Å². The minimum absolute atomic E-state index is 0.194. The number of carbonyl (C=O) groups is 2. The van der Waals surface area contributed by atoms with Gasteiger partial charge in [0.1, 0.15) is 11.7 Å². The first-order chi connectivity index (χ1) is 12.9. The summed E-state index contributed by atoms with van der Waals surface area (Å²) >= 11 is 6.14. The molecule has 0 spiro atoms. The molecule has 1 aliphatic rings. The quantitative estimate of drug-likeness (QED) is 0.740. The van der Waals surface area contributed by atoms with Gasteiger partial charge in [-0.2, -0.15) is 0 Å². The highest BCUT2D eigenvalue weighted by atomic mass is 35.5. The lowest BCUT2D eigenvalue weighted by molar-refractivity contribution is -0.122. The number of aromatic nitrogens is 1. The molecule has 1 aliphatic heterocycles. The van der Waals surface area contributed by atoms with Gasteiger partial charge in [-0.05, 0) is 41.8 Å². The molecule has 0 unspecified atom stereocenters. The second-order valence-electron chi connectivity index (χ2n) is 7.02. The Balaban J connectivity index is 1.82. The summed E-state index contributed by atoms with van der Waals surface area (Å²) in [4.78, 5) is 27.2. The fourth-order valence-electron chi connectivity index (χ4n) is 4.03. The smallest absolute Gasteiger partial charge is 0.271 e. The third-order valence-electron chi connectivity index (χ3n) is 5.45. The van der Waals surface area contributed by atoms with Crippen LogP contribution in [0.15, 0.2) is 42.5 Å². The summed E-state index contributed by atoms with van der Waals surface area (Å²) in [5.41, 5.74) is 10.1. The minimum Gasteiger partial charge on any atom is -0.368 e. The number of carbonyl (C=O) groups excluding carboxylic acids is 2. The Morgan fingerprint density at radius 3 is 2.56 bits per heavy atom. The van der Waals surface area contributed by atoms with E-state index in [9.17, 15) is 9.59 Å². The van der Waals surface area contributed by atoms with Gasteiger partial charge in [-0.25, -0.2) is 0 Å². The maximum Gasteiger partial charge on any atom is 0.271 e. The zero-order chi connectivity index (χ0) is 19.3. The van der Waals surface area contributed by atoms with E-state index in [-0.39, 0.29) is 5.91 Å². The number of amides is 2. The van der Waals surface area contributed by atoms with Crippen molar-refractivity contribution in [2.24, 2.45) is 12.8 Å². The third-order valence-corrected chi connectivity index (χ3v) is 5.69. The zero-order valence-electron chi connectivity index (χ0n) is 15.2.